The Morgan fingerprint density at radius 1 is 1.23 bits per heavy atom. The van der Waals surface area contributed by atoms with Crippen LogP contribution in [-0.4, -0.2) is 48.9 Å². The number of ether oxygens (including phenoxy) is 1. The van der Waals surface area contributed by atoms with Crippen LogP contribution in [0.1, 0.15) is 29.8 Å². The van der Waals surface area contributed by atoms with E-state index in [1.807, 2.05) is 13.0 Å². The quantitative estimate of drug-likeness (QED) is 0.766. The van der Waals surface area contributed by atoms with E-state index in [9.17, 15) is 14.4 Å². The molecule has 0 radical (unpaired) electrons. The lowest BCUT2D eigenvalue weighted by Crippen LogP contribution is -2.42. The van der Waals surface area contributed by atoms with Crippen LogP contribution in [0.3, 0.4) is 0 Å². The molecular formula is C16H22N2O4. The number of hydrogen-bond donors (Lipinski definition) is 1. The van der Waals surface area contributed by atoms with Gasteiger partial charge in [0.15, 0.2) is 6.61 Å². The Kier molecular flexibility index (Phi) is 7.08. The zero-order chi connectivity index (χ0) is 16.5. The van der Waals surface area contributed by atoms with Gasteiger partial charge < -0.3 is 15.0 Å². The molecule has 0 aliphatic heterocycles. The highest BCUT2D eigenvalue weighted by Gasteiger charge is 2.17. The lowest BCUT2D eigenvalue weighted by Gasteiger charge is -2.20. The number of amides is 2. The fourth-order valence-electron chi connectivity index (χ4n) is 1.88. The van der Waals surface area contributed by atoms with Gasteiger partial charge in [-0.1, -0.05) is 17.7 Å². The van der Waals surface area contributed by atoms with E-state index in [1.54, 1.807) is 32.0 Å². The van der Waals surface area contributed by atoms with E-state index in [4.69, 9.17) is 4.74 Å². The lowest BCUT2D eigenvalue weighted by molar-refractivity contribution is -0.138. The van der Waals surface area contributed by atoms with Crippen molar-refractivity contribution in [3.63, 3.8) is 0 Å². The second kappa shape index (κ2) is 8.81. The van der Waals surface area contributed by atoms with Crippen molar-refractivity contribution in [2.75, 3.05) is 26.2 Å². The lowest BCUT2D eigenvalue weighted by atomic mass is 10.1. The number of nitrogens with one attached hydrogen (secondary N) is 1. The molecule has 2 amide bonds. The van der Waals surface area contributed by atoms with Gasteiger partial charge in [-0.15, -0.1) is 0 Å². The summed E-state index contributed by atoms with van der Waals surface area (Å²) in [6, 6.07) is 6.94. The van der Waals surface area contributed by atoms with Crippen molar-refractivity contribution < 1.29 is 19.1 Å². The van der Waals surface area contributed by atoms with E-state index < -0.39 is 11.9 Å². The molecule has 1 aromatic rings. The summed E-state index contributed by atoms with van der Waals surface area (Å²) >= 11 is 0. The van der Waals surface area contributed by atoms with Gasteiger partial charge in [-0.2, -0.15) is 0 Å². The van der Waals surface area contributed by atoms with Crippen LogP contribution in [0, 0.1) is 6.92 Å². The third-order valence-corrected chi connectivity index (χ3v) is 3.02. The number of esters is 1. The third-order valence-electron chi connectivity index (χ3n) is 3.02. The first-order chi connectivity index (χ1) is 10.5. The van der Waals surface area contributed by atoms with Gasteiger partial charge in [0.05, 0.1) is 12.1 Å². The fraction of sp³-hybridized carbons (Fsp3) is 0.438. The van der Waals surface area contributed by atoms with Crippen LogP contribution >= 0.6 is 0 Å². The normalized spacial score (nSPS) is 9.95. The smallest absolute Gasteiger partial charge is 0.338 e. The molecule has 0 spiro atoms. The molecule has 120 valence electrons. The molecule has 22 heavy (non-hydrogen) atoms. The van der Waals surface area contributed by atoms with Crippen molar-refractivity contribution in [3.8, 4) is 0 Å². The maximum Gasteiger partial charge on any atom is 0.338 e. The van der Waals surface area contributed by atoms with Crippen LogP contribution in [0.5, 0.6) is 0 Å². The van der Waals surface area contributed by atoms with Gasteiger partial charge in [-0.05, 0) is 32.9 Å². The highest BCUT2D eigenvalue weighted by molar-refractivity contribution is 5.92. The highest BCUT2D eigenvalue weighted by Crippen LogP contribution is 2.05. The average Bonchev–Trinajstić information content (AvgIpc) is 2.50. The standard InChI is InChI=1S/C16H22N2O4/c1-4-17-14(19)10-18(5-2)15(20)11-22-16(21)13-8-6-7-12(3)9-13/h6-9H,4-5,10-11H2,1-3H3,(H,17,19). The molecule has 0 aliphatic carbocycles. The molecular weight excluding hydrogens is 284 g/mol. The van der Waals surface area contributed by atoms with Crippen molar-refractivity contribution in [1.29, 1.82) is 0 Å². The van der Waals surface area contributed by atoms with Crippen LogP contribution in [0.4, 0.5) is 0 Å². The molecule has 6 nitrogen and oxygen atoms in total. The molecule has 1 aromatic carbocycles. The zero-order valence-electron chi connectivity index (χ0n) is 13.2. The molecule has 6 heteroatoms. The number of rotatable bonds is 7. The Morgan fingerprint density at radius 2 is 1.95 bits per heavy atom. The summed E-state index contributed by atoms with van der Waals surface area (Å²) in [5, 5.41) is 2.62. The largest absolute Gasteiger partial charge is 0.452 e. The van der Waals surface area contributed by atoms with E-state index >= 15 is 0 Å². The number of carbonyl (C=O) groups is 3. The SMILES string of the molecule is CCNC(=O)CN(CC)C(=O)COC(=O)c1cccc(C)c1. The molecule has 1 N–H and O–H groups in total. The monoisotopic (exact) mass is 306 g/mol. The van der Waals surface area contributed by atoms with Gasteiger partial charge in [0, 0.05) is 13.1 Å². The summed E-state index contributed by atoms with van der Waals surface area (Å²) in [5.41, 5.74) is 1.34. The minimum atomic E-state index is -0.550. The first kappa shape index (κ1) is 17.7. The van der Waals surface area contributed by atoms with E-state index in [2.05, 4.69) is 5.32 Å². The average molecular weight is 306 g/mol. The third kappa shape index (κ3) is 5.55. The summed E-state index contributed by atoms with van der Waals surface area (Å²) in [7, 11) is 0. The molecule has 1 rings (SSSR count). The molecule has 0 aliphatic rings. The van der Waals surface area contributed by atoms with E-state index in [-0.39, 0.29) is 19.1 Å². The molecule has 0 aromatic heterocycles. The predicted octanol–water partition coefficient (Wildman–Crippen LogP) is 1.14. The summed E-state index contributed by atoms with van der Waals surface area (Å²) < 4.78 is 5.01. The zero-order valence-corrected chi connectivity index (χ0v) is 13.2. The molecule has 0 saturated carbocycles. The van der Waals surface area contributed by atoms with Crippen LogP contribution in [0.15, 0.2) is 24.3 Å². The Bertz CT molecular complexity index is 543. The Morgan fingerprint density at radius 3 is 2.55 bits per heavy atom. The van der Waals surface area contributed by atoms with Crippen molar-refractivity contribution in [3.05, 3.63) is 35.4 Å². The minimum absolute atomic E-state index is 0.0365. The second-order valence-electron chi connectivity index (χ2n) is 4.81. The molecule has 0 bridgehead atoms. The first-order valence-electron chi connectivity index (χ1n) is 7.26. The molecule has 0 unspecified atom stereocenters. The first-order valence-corrected chi connectivity index (χ1v) is 7.26. The summed E-state index contributed by atoms with van der Waals surface area (Å²) in [4.78, 5) is 36.7. The number of nitrogens with zero attached hydrogens (tertiary/aromatic N) is 1. The Hall–Kier alpha value is -2.37. The van der Waals surface area contributed by atoms with Crippen LogP contribution in [0.25, 0.3) is 0 Å². The van der Waals surface area contributed by atoms with E-state index in [1.165, 1.54) is 4.90 Å². The van der Waals surface area contributed by atoms with E-state index in [0.29, 0.717) is 18.7 Å². The van der Waals surface area contributed by atoms with E-state index in [0.717, 1.165) is 5.56 Å². The maximum absolute atomic E-state index is 12.0. The Balaban J connectivity index is 2.53. The highest BCUT2D eigenvalue weighted by atomic mass is 16.5. The molecule has 0 atom stereocenters. The Labute approximate surface area is 130 Å². The van der Waals surface area contributed by atoms with Gasteiger partial charge in [0.1, 0.15) is 0 Å². The number of carbonyl (C=O) groups excluding carboxylic acids is 3. The topological polar surface area (TPSA) is 75.7 Å². The van der Waals surface area contributed by atoms with Crippen molar-refractivity contribution in [2.24, 2.45) is 0 Å². The molecule has 0 fully saturated rings. The molecule has 0 saturated heterocycles. The fourth-order valence-corrected chi connectivity index (χ4v) is 1.88. The van der Waals surface area contributed by atoms with Crippen molar-refractivity contribution in [1.82, 2.24) is 10.2 Å². The predicted molar refractivity (Wildman–Crippen MR) is 82.4 cm³/mol. The number of benzene rings is 1. The van der Waals surface area contributed by atoms with Gasteiger partial charge in [-0.25, -0.2) is 4.79 Å². The van der Waals surface area contributed by atoms with Crippen LogP contribution in [0.2, 0.25) is 0 Å². The van der Waals surface area contributed by atoms with Crippen LogP contribution in [-0.2, 0) is 14.3 Å². The van der Waals surface area contributed by atoms with Crippen molar-refractivity contribution >= 4 is 17.8 Å². The van der Waals surface area contributed by atoms with Gasteiger partial charge in [0.25, 0.3) is 5.91 Å². The number of aryl methyl sites for hydroxylation is 1. The molecule has 0 heterocycles. The summed E-state index contributed by atoms with van der Waals surface area (Å²) in [6.07, 6.45) is 0. The summed E-state index contributed by atoms with van der Waals surface area (Å²) in [6.45, 7) is 5.91. The number of likely N-dealkylation sites (N-methyl/N-ethyl adjacent to an activating group) is 2. The van der Waals surface area contributed by atoms with Gasteiger partial charge in [-0.3, -0.25) is 9.59 Å². The maximum atomic E-state index is 12.0. The second-order valence-corrected chi connectivity index (χ2v) is 4.81. The minimum Gasteiger partial charge on any atom is -0.452 e. The van der Waals surface area contributed by atoms with Gasteiger partial charge >= 0.3 is 5.97 Å². The number of hydrogen-bond acceptors (Lipinski definition) is 4. The van der Waals surface area contributed by atoms with Crippen molar-refractivity contribution in [2.45, 2.75) is 20.8 Å². The van der Waals surface area contributed by atoms with Crippen LogP contribution < -0.4 is 5.32 Å². The van der Waals surface area contributed by atoms with Gasteiger partial charge in [0.2, 0.25) is 5.91 Å². The summed E-state index contributed by atoms with van der Waals surface area (Å²) in [5.74, 6) is -1.18.